The molecule has 180 valence electrons. The Labute approximate surface area is 190 Å². The van der Waals surface area contributed by atoms with Gasteiger partial charge in [0.2, 0.25) is 0 Å². The highest BCUT2D eigenvalue weighted by atomic mass is 29.9. The lowest BCUT2D eigenvalue weighted by Crippen LogP contribution is -2.99. The second-order valence-electron chi connectivity index (χ2n) is 8.26. The molecule has 0 N–H and O–H groups in total. The van der Waals surface area contributed by atoms with E-state index in [2.05, 4.69) is 69.2 Å². The van der Waals surface area contributed by atoms with Crippen LogP contribution in [-0.4, -0.2) is 62.3 Å². The maximum atomic E-state index is 7.61. The summed E-state index contributed by atoms with van der Waals surface area (Å²) in [6.07, 6.45) is 1.80. The lowest BCUT2D eigenvalue weighted by molar-refractivity contribution is 0.0381. The first-order valence-electron chi connectivity index (χ1n) is 12.6. The van der Waals surface area contributed by atoms with Crippen molar-refractivity contribution in [3.8, 4) is 0 Å². The Balaban J connectivity index is 4.24. The quantitative estimate of drug-likeness (QED) is 0.283. The number of rotatable bonds is 14. The normalized spacial score (nSPS) is 23.4. The third kappa shape index (κ3) is 3.73. The van der Waals surface area contributed by atoms with Crippen LogP contribution in [0.2, 0.25) is 24.2 Å². The number of hydrogen-bond donors (Lipinski definition) is 0. The second-order valence-corrected chi connectivity index (χ2v) is 37.4. The predicted octanol–water partition coefficient (Wildman–Crippen LogP) is 5.85. The fraction of sp³-hybridized carbons (Fsp3) is 1.00. The van der Waals surface area contributed by atoms with Crippen molar-refractivity contribution < 1.29 is 22.1 Å². The molecule has 5 nitrogen and oxygen atoms in total. The van der Waals surface area contributed by atoms with Gasteiger partial charge in [-0.2, -0.15) is 0 Å². The van der Waals surface area contributed by atoms with Crippen LogP contribution in [0.3, 0.4) is 0 Å². The summed E-state index contributed by atoms with van der Waals surface area (Å²) < 4.78 is 35.7. The van der Waals surface area contributed by atoms with Gasteiger partial charge >= 0.3 is 15.7 Å². The van der Waals surface area contributed by atoms with Crippen molar-refractivity contribution in [2.24, 2.45) is 0 Å². The summed E-state index contributed by atoms with van der Waals surface area (Å²) in [6.45, 7) is 25.1. The van der Waals surface area contributed by atoms with Crippen LogP contribution in [0.15, 0.2) is 0 Å². The summed E-state index contributed by atoms with van der Waals surface area (Å²) in [6, 6.07) is 4.55. The summed E-state index contributed by atoms with van der Waals surface area (Å²) in [5.74, 6) is 0. The molecule has 1 fully saturated rings. The van der Waals surface area contributed by atoms with Crippen molar-refractivity contribution in [1.82, 2.24) is 0 Å². The van der Waals surface area contributed by atoms with Crippen molar-refractivity contribution in [3.63, 3.8) is 0 Å². The molecule has 1 rings (SSSR count). The Hall–Kier alpha value is 0.668. The molecule has 30 heavy (non-hydrogen) atoms. The third-order valence-corrected chi connectivity index (χ3v) is 61.0. The summed E-state index contributed by atoms with van der Waals surface area (Å²) in [5, 5.41) is -0.394. The first-order chi connectivity index (χ1) is 14.3. The van der Waals surface area contributed by atoms with Gasteiger partial charge in [-0.3, -0.25) is 0 Å². The minimum absolute atomic E-state index is 0.394. The topological polar surface area (TPSA) is 46.2 Å². The monoisotopic (exact) mass is 494 g/mol. The van der Waals surface area contributed by atoms with Crippen LogP contribution in [0.4, 0.5) is 0 Å². The Morgan fingerprint density at radius 1 is 0.567 bits per heavy atom. The van der Waals surface area contributed by atoms with Crippen LogP contribution in [0.5, 0.6) is 0 Å². The summed E-state index contributed by atoms with van der Waals surface area (Å²) in [5.41, 5.74) is 0. The Bertz CT molecular complexity index is 496. The van der Waals surface area contributed by atoms with Gasteiger partial charge in [0.1, 0.15) is 7.11 Å². The SMILES string of the molecule is CCO[Si]1(OCC)C(CC)(CC)O[Si](CC)(CC)[Si](CC)(CC)[Si]1(OCC)OCC. The highest BCUT2D eigenvalue weighted by molar-refractivity contribution is 7.80. The average molecular weight is 495 g/mol. The first kappa shape index (κ1) is 28.7. The van der Waals surface area contributed by atoms with E-state index in [9.17, 15) is 0 Å². The van der Waals surface area contributed by atoms with E-state index in [4.69, 9.17) is 22.1 Å². The molecule has 0 radical (unpaired) electrons. The van der Waals surface area contributed by atoms with Crippen LogP contribution in [0.1, 0.15) is 82.1 Å². The molecule has 1 heterocycles. The minimum atomic E-state index is -3.01. The highest BCUT2D eigenvalue weighted by Crippen LogP contribution is 2.56. The molecule has 0 aromatic heterocycles. The average Bonchev–Trinajstić information content (AvgIpc) is 2.76. The zero-order valence-electron chi connectivity index (χ0n) is 21.6. The molecule has 9 heteroatoms. The Morgan fingerprint density at radius 2 is 0.967 bits per heavy atom. The predicted molar refractivity (Wildman–Crippen MR) is 136 cm³/mol. The van der Waals surface area contributed by atoms with Crippen LogP contribution in [-0.2, 0) is 22.1 Å². The zero-order chi connectivity index (χ0) is 23.1. The Kier molecular flexibility index (Phi) is 11.2. The highest BCUT2D eigenvalue weighted by Gasteiger charge is 2.88. The standard InChI is InChI=1S/C21H50O5Si4/c1-11-21(12-2)26-27(17-7,18-8)28(19-9,20-10)30(24-15-5,25-16-6)29(21,22-13-3)23-14-4/h11-20H2,1-10H3. The molecule has 1 aliphatic rings. The van der Waals surface area contributed by atoms with Crippen molar-refractivity contribution in [1.29, 1.82) is 0 Å². The fourth-order valence-corrected chi connectivity index (χ4v) is 79.0. The van der Waals surface area contributed by atoms with E-state index in [1.165, 1.54) is 0 Å². The summed E-state index contributed by atoms with van der Waals surface area (Å²) in [4.78, 5) is 0. The molecule has 0 spiro atoms. The van der Waals surface area contributed by atoms with Gasteiger partial charge in [-0.1, -0.05) is 53.6 Å². The molecule has 1 saturated heterocycles. The van der Waals surface area contributed by atoms with Crippen LogP contribution >= 0.6 is 0 Å². The molecule has 0 bridgehead atoms. The van der Waals surface area contributed by atoms with Crippen LogP contribution in [0.25, 0.3) is 0 Å². The van der Waals surface area contributed by atoms with Crippen LogP contribution < -0.4 is 0 Å². The molecule has 0 amide bonds. The van der Waals surface area contributed by atoms with Gasteiger partial charge in [0, 0.05) is 26.4 Å². The van der Waals surface area contributed by atoms with Crippen LogP contribution in [0, 0.1) is 0 Å². The van der Waals surface area contributed by atoms with E-state index in [1.54, 1.807) is 0 Å². The van der Waals surface area contributed by atoms with Gasteiger partial charge in [0.15, 0.2) is 7.83 Å². The van der Waals surface area contributed by atoms with Gasteiger partial charge in [-0.05, 0) is 52.6 Å². The van der Waals surface area contributed by atoms with E-state index in [1.807, 2.05) is 0 Å². The summed E-state index contributed by atoms with van der Waals surface area (Å²) >= 11 is 0. The van der Waals surface area contributed by atoms with Gasteiger partial charge < -0.3 is 22.1 Å². The molecule has 0 aliphatic carbocycles. The van der Waals surface area contributed by atoms with Gasteiger partial charge in [-0.25, -0.2) is 0 Å². The maximum Gasteiger partial charge on any atom is 0.411 e. The van der Waals surface area contributed by atoms with E-state index in [0.717, 1.165) is 37.0 Å². The van der Waals surface area contributed by atoms with Crippen molar-refractivity contribution >= 4 is 30.6 Å². The molecule has 0 aromatic carbocycles. The smallest absolute Gasteiger partial charge is 0.411 e. The maximum absolute atomic E-state index is 7.61. The van der Waals surface area contributed by atoms with Gasteiger partial charge in [-0.15, -0.1) is 0 Å². The molecule has 0 unspecified atom stereocenters. The molecular weight excluding hydrogens is 445 g/mol. The second kappa shape index (κ2) is 11.7. The summed E-state index contributed by atoms with van der Waals surface area (Å²) in [7, 11) is -10.1. The lowest BCUT2D eigenvalue weighted by atomic mass is 10.2. The van der Waals surface area contributed by atoms with Crippen molar-refractivity contribution in [3.05, 3.63) is 0 Å². The van der Waals surface area contributed by atoms with Gasteiger partial charge in [0.25, 0.3) is 0 Å². The molecule has 1 aliphatic heterocycles. The Morgan fingerprint density at radius 3 is 1.23 bits per heavy atom. The fourth-order valence-electron chi connectivity index (χ4n) is 6.56. The third-order valence-electron chi connectivity index (χ3n) is 7.81. The number of hydrogen-bond acceptors (Lipinski definition) is 5. The largest absolute Gasteiger partial charge is 0.412 e. The minimum Gasteiger partial charge on any atom is -0.412 e. The molecular formula is C21H50O5Si4. The van der Waals surface area contributed by atoms with E-state index >= 15 is 0 Å². The van der Waals surface area contributed by atoms with E-state index in [0.29, 0.717) is 26.4 Å². The van der Waals surface area contributed by atoms with Crippen molar-refractivity contribution in [2.75, 3.05) is 26.4 Å². The van der Waals surface area contributed by atoms with E-state index < -0.39 is 35.8 Å². The van der Waals surface area contributed by atoms with Crippen molar-refractivity contribution in [2.45, 2.75) is 111 Å². The zero-order valence-corrected chi connectivity index (χ0v) is 25.6. The molecule has 0 aromatic rings. The van der Waals surface area contributed by atoms with Gasteiger partial charge in [0.05, 0.1) is 5.22 Å². The van der Waals surface area contributed by atoms with E-state index in [-0.39, 0.29) is 0 Å². The molecule has 0 atom stereocenters. The first-order valence-corrected chi connectivity index (χ1v) is 23.9. The molecule has 0 saturated carbocycles. The lowest BCUT2D eigenvalue weighted by Gasteiger charge is -2.68.